The molecule has 106 valence electrons. The van der Waals surface area contributed by atoms with Gasteiger partial charge in [-0.2, -0.15) is 4.31 Å². The number of morpholine rings is 1. The molecule has 0 bridgehead atoms. The number of sulfonamides is 1. The van der Waals surface area contributed by atoms with Crippen molar-refractivity contribution in [3.8, 4) is 0 Å². The lowest BCUT2D eigenvalue weighted by Gasteiger charge is -2.30. The largest absolute Gasteiger partial charge is 0.450 e. The van der Waals surface area contributed by atoms with Gasteiger partial charge in [0.1, 0.15) is 0 Å². The van der Waals surface area contributed by atoms with Crippen LogP contribution < -0.4 is 5.32 Å². The maximum atomic E-state index is 11.9. The van der Waals surface area contributed by atoms with Gasteiger partial charge in [0.05, 0.1) is 25.1 Å². The molecule has 1 aliphatic rings. The van der Waals surface area contributed by atoms with E-state index in [9.17, 15) is 13.2 Å². The minimum absolute atomic E-state index is 0.0485. The summed E-state index contributed by atoms with van der Waals surface area (Å²) in [6.45, 7) is 4.97. The third-order valence-electron chi connectivity index (χ3n) is 2.50. The zero-order chi connectivity index (χ0) is 13.6. The highest BCUT2D eigenvalue weighted by Crippen LogP contribution is 2.09. The molecule has 1 aliphatic heterocycles. The van der Waals surface area contributed by atoms with E-state index < -0.39 is 16.1 Å². The summed E-state index contributed by atoms with van der Waals surface area (Å²) in [5.41, 5.74) is 0. The summed E-state index contributed by atoms with van der Waals surface area (Å²) in [7, 11) is -3.34. The zero-order valence-electron chi connectivity index (χ0n) is 10.7. The van der Waals surface area contributed by atoms with Crippen molar-refractivity contribution in [1.82, 2.24) is 9.62 Å². The molecule has 1 unspecified atom stereocenters. The first kappa shape index (κ1) is 15.2. The first-order valence-electron chi connectivity index (χ1n) is 5.95. The van der Waals surface area contributed by atoms with E-state index in [0.717, 1.165) is 0 Å². The number of hydrogen-bond acceptors (Lipinski definition) is 5. The monoisotopic (exact) mass is 280 g/mol. The van der Waals surface area contributed by atoms with Gasteiger partial charge in [-0.3, -0.25) is 0 Å². The number of nitrogens with zero attached hydrogens (tertiary/aromatic N) is 1. The Balaban J connectivity index is 2.37. The molecule has 1 amide bonds. The van der Waals surface area contributed by atoms with Crippen molar-refractivity contribution in [3.05, 3.63) is 0 Å². The molecule has 0 saturated carbocycles. The molecule has 1 fully saturated rings. The number of ether oxygens (including phenoxy) is 2. The van der Waals surface area contributed by atoms with Crippen LogP contribution in [0.5, 0.6) is 0 Å². The second-order valence-electron chi connectivity index (χ2n) is 4.00. The molecule has 1 saturated heterocycles. The second kappa shape index (κ2) is 6.91. The van der Waals surface area contributed by atoms with Crippen LogP contribution in [0.4, 0.5) is 4.79 Å². The third kappa shape index (κ3) is 4.79. The Kier molecular flexibility index (Phi) is 5.83. The minimum Gasteiger partial charge on any atom is -0.450 e. The number of carbonyl (C=O) groups is 1. The van der Waals surface area contributed by atoms with Gasteiger partial charge in [0, 0.05) is 19.6 Å². The van der Waals surface area contributed by atoms with Gasteiger partial charge in [0.2, 0.25) is 10.0 Å². The highest BCUT2D eigenvalue weighted by molar-refractivity contribution is 7.89. The fraction of sp³-hybridized carbons (Fsp3) is 0.900. The van der Waals surface area contributed by atoms with Gasteiger partial charge in [0.25, 0.3) is 0 Å². The van der Waals surface area contributed by atoms with E-state index in [0.29, 0.717) is 19.7 Å². The van der Waals surface area contributed by atoms with E-state index in [4.69, 9.17) is 4.74 Å². The molecule has 1 heterocycles. The molecular weight excluding hydrogens is 260 g/mol. The summed E-state index contributed by atoms with van der Waals surface area (Å²) in [5, 5.41) is 2.39. The van der Waals surface area contributed by atoms with Gasteiger partial charge < -0.3 is 14.8 Å². The van der Waals surface area contributed by atoms with Crippen molar-refractivity contribution in [3.63, 3.8) is 0 Å². The van der Waals surface area contributed by atoms with Gasteiger partial charge in [-0.15, -0.1) is 0 Å². The Labute approximate surface area is 107 Å². The average molecular weight is 280 g/mol. The summed E-state index contributed by atoms with van der Waals surface area (Å²) in [6.07, 6.45) is -0.686. The minimum atomic E-state index is -3.34. The van der Waals surface area contributed by atoms with Crippen LogP contribution in [0.2, 0.25) is 0 Å². The van der Waals surface area contributed by atoms with Crippen molar-refractivity contribution < 1.29 is 22.7 Å². The molecule has 0 radical (unpaired) electrons. The van der Waals surface area contributed by atoms with Crippen LogP contribution in [0.3, 0.4) is 0 Å². The molecule has 0 aromatic heterocycles. The Morgan fingerprint density at radius 1 is 1.56 bits per heavy atom. The Morgan fingerprint density at radius 3 is 2.89 bits per heavy atom. The lowest BCUT2D eigenvalue weighted by Crippen LogP contribution is -2.46. The maximum Gasteiger partial charge on any atom is 0.407 e. The standard InChI is InChI=1S/C10H20N2O5S/c1-3-16-10(13)11-4-7-18(14,15)12-5-6-17-9(2)8-12/h9H,3-8H2,1-2H3,(H,11,13). The van der Waals surface area contributed by atoms with E-state index >= 15 is 0 Å². The molecule has 18 heavy (non-hydrogen) atoms. The predicted molar refractivity (Wildman–Crippen MR) is 65.8 cm³/mol. The van der Waals surface area contributed by atoms with E-state index in [1.54, 1.807) is 6.92 Å². The van der Waals surface area contributed by atoms with Crippen LogP contribution in [-0.2, 0) is 19.5 Å². The smallest absolute Gasteiger partial charge is 0.407 e. The SMILES string of the molecule is CCOC(=O)NCCS(=O)(=O)N1CCOC(C)C1. The zero-order valence-corrected chi connectivity index (χ0v) is 11.5. The number of nitrogens with one attached hydrogen (secondary N) is 1. The van der Waals surface area contributed by atoms with E-state index in [-0.39, 0.29) is 25.0 Å². The lowest BCUT2D eigenvalue weighted by atomic mass is 10.3. The molecule has 0 aromatic rings. The van der Waals surface area contributed by atoms with Gasteiger partial charge in [0.15, 0.2) is 0 Å². The fourth-order valence-corrected chi connectivity index (χ4v) is 3.04. The third-order valence-corrected chi connectivity index (χ3v) is 4.34. The lowest BCUT2D eigenvalue weighted by molar-refractivity contribution is 0.0102. The Morgan fingerprint density at radius 2 is 2.28 bits per heavy atom. The van der Waals surface area contributed by atoms with Crippen molar-refractivity contribution >= 4 is 16.1 Å². The molecule has 1 atom stereocenters. The summed E-state index contributed by atoms with van der Waals surface area (Å²) < 4.78 is 35.2. The Bertz CT molecular complexity index is 370. The first-order chi connectivity index (χ1) is 8.45. The van der Waals surface area contributed by atoms with Crippen LogP contribution in [0.1, 0.15) is 13.8 Å². The predicted octanol–water partition coefficient (Wildman–Crippen LogP) is -0.217. The normalized spacial score (nSPS) is 21.6. The number of alkyl carbamates (subject to hydrolysis) is 1. The average Bonchev–Trinajstić information content (AvgIpc) is 2.29. The molecule has 0 spiro atoms. The number of rotatable bonds is 5. The highest BCUT2D eigenvalue weighted by Gasteiger charge is 2.27. The molecular formula is C10H20N2O5S. The number of amides is 1. The summed E-state index contributed by atoms with van der Waals surface area (Å²) in [6, 6.07) is 0. The molecule has 7 nitrogen and oxygen atoms in total. The van der Waals surface area contributed by atoms with Crippen LogP contribution in [0.15, 0.2) is 0 Å². The van der Waals surface area contributed by atoms with E-state index in [2.05, 4.69) is 10.1 Å². The highest BCUT2D eigenvalue weighted by atomic mass is 32.2. The molecule has 0 aliphatic carbocycles. The fourth-order valence-electron chi connectivity index (χ4n) is 1.63. The van der Waals surface area contributed by atoms with Crippen molar-refractivity contribution in [2.24, 2.45) is 0 Å². The topological polar surface area (TPSA) is 84.9 Å². The van der Waals surface area contributed by atoms with Crippen LogP contribution in [-0.4, -0.2) is 63.5 Å². The van der Waals surface area contributed by atoms with Crippen LogP contribution >= 0.6 is 0 Å². The molecule has 1 rings (SSSR count). The van der Waals surface area contributed by atoms with Crippen LogP contribution in [0.25, 0.3) is 0 Å². The molecule has 0 aromatic carbocycles. The summed E-state index contributed by atoms with van der Waals surface area (Å²) in [4.78, 5) is 11.0. The van der Waals surface area contributed by atoms with Gasteiger partial charge >= 0.3 is 6.09 Å². The summed E-state index contributed by atoms with van der Waals surface area (Å²) >= 11 is 0. The summed E-state index contributed by atoms with van der Waals surface area (Å²) in [5.74, 6) is -0.126. The van der Waals surface area contributed by atoms with E-state index in [1.807, 2.05) is 6.92 Å². The number of hydrogen-bond donors (Lipinski definition) is 1. The number of carbonyl (C=O) groups excluding carboxylic acids is 1. The van der Waals surface area contributed by atoms with Crippen molar-refractivity contribution in [2.75, 3.05) is 38.6 Å². The first-order valence-corrected chi connectivity index (χ1v) is 7.56. The van der Waals surface area contributed by atoms with Crippen LogP contribution in [0, 0.1) is 0 Å². The van der Waals surface area contributed by atoms with Crippen molar-refractivity contribution in [1.29, 1.82) is 0 Å². The molecule has 1 N–H and O–H groups in total. The second-order valence-corrected chi connectivity index (χ2v) is 6.09. The van der Waals surface area contributed by atoms with Gasteiger partial charge in [-0.25, -0.2) is 13.2 Å². The molecule has 8 heteroatoms. The van der Waals surface area contributed by atoms with Crippen molar-refractivity contribution in [2.45, 2.75) is 20.0 Å². The Hall–Kier alpha value is -0.860. The quantitative estimate of drug-likeness (QED) is 0.753. The maximum absolute atomic E-state index is 11.9. The van der Waals surface area contributed by atoms with Gasteiger partial charge in [-0.1, -0.05) is 0 Å². The van der Waals surface area contributed by atoms with E-state index in [1.165, 1.54) is 4.31 Å². The van der Waals surface area contributed by atoms with Gasteiger partial charge in [-0.05, 0) is 13.8 Å².